The molecule has 0 heterocycles. The number of hydrogen-bond donors (Lipinski definition) is 1. The number of rotatable bonds is 7. The van der Waals surface area contributed by atoms with Gasteiger partial charge in [0.15, 0.2) is 0 Å². The summed E-state index contributed by atoms with van der Waals surface area (Å²) in [6, 6.07) is 14.4. The van der Waals surface area contributed by atoms with E-state index in [-0.39, 0.29) is 0 Å². The zero-order chi connectivity index (χ0) is 12.6. The number of hydrogen-bond acceptors (Lipinski definition) is 3. The summed E-state index contributed by atoms with van der Waals surface area (Å²) in [6.45, 7) is 2.56. The summed E-state index contributed by atoms with van der Waals surface area (Å²) in [6.07, 6.45) is 0.882. The lowest BCUT2D eigenvalue weighted by molar-refractivity contribution is 0.126. The van der Waals surface area contributed by atoms with Crippen LogP contribution in [0, 0.1) is 0 Å². The van der Waals surface area contributed by atoms with Crippen LogP contribution in [0.5, 0.6) is 5.75 Å². The zero-order valence-corrected chi connectivity index (χ0v) is 10.5. The molecule has 0 spiro atoms. The van der Waals surface area contributed by atoms with Crippen molar-refractivity contribution >= 4 is 10.8 Å². The van der Waals surface area contributed by atoms with Crippen molar-refractivity contribution in [2.24, 2.45) is 5.73 Å². The first kappa shape index (κ1) is 12.9. The molecule has 3 heteroatoms. The molecule has 0 aliphatic carbocycles. The van der Waals surface area contributed by atoms with Gasteiger partial charge in [-0.3, -0.25) is 0 Å². The maximum absolute atomic E-state index is 5.68. The predicted molar refractivity (Wildman–Crippen MR) is 73.9 cm³/mol. The summed E-state index contributed by atoms with van der Waals surface area (Å²) in [7, 11) is 0. The van der Waals surface area contributed by atoms with Gasteiger partial charge in [0, 0.05) is 19.6 Å². The van der Waals surface area contributed by atoms with Gasteiger partial charge in [-0.2, -0.15) is 0 Å². The van der Waals surface area contributed by atoms with E-state index in [9.17, 15) is 0 Å². The second kappa shape index (κ2) is 6.99. The molecule has 2 aromatic carbocycles. The molecule has 2 aromatic rings. The molecule has 0 aromatic heterocycles. The van der Waals surface area contributed by atoms with Gasteiger partial charge in [-0.05, 0) is 22.9 Å². The minimum atomic E-state index is 0.575. The maximum atomic E-state index is 5.68. The smallest absolute Gasteiger partial charge is 0.119 e. The van der Waals surface area contributed by atoms with Crippen LogP contribution < -0.4 is 10.5 Å². The molecule has 0 saturated carbocycles. The van der Waals surface area contributed by atoms with Gasteiger partial charge < -0.3 is 15.2 Å². The standard InChI is InChI=1S/C15H19NO2/c16-8-11-17-9-3-10-18-15-7-6-13-4-1-2-5-14(13)12-15/h1-2,4-7,12H,3,8-11,16H2. The van der Waals surface area contributed by atoms with Crippen LogP contribution in [0.25, 0.3) is 10.8 Å². The van der Waals surface area contributed by atoms with Crippen molar-refractivity contribution < 1.29 is 9.47 Å². The molecule has 0 amide bonds. The summed E-state index contributed by atoms with van der Waals surface area (Å²) in [5, 5.41) is 2.44. The molecule has 0 aliphatic heterocycles. The van der Waals surface area contributed by atoms with Crippen LogP contribution in [0.1, 0.15) is 6.42 Å². The fourth-order valence-electron chi connectivity index (χ4n) is 1.79. The topological polar surface area (TPSA) is 44.5 Å². The summed E-state index contributed by atoms with van der Waals surface area (Å²) in [5.41, 5.74) is 5.33. The highest BCUT2D eigenvalue weighted by Crippen LogP contribution is 2.20. The number of fused-ring (bicyclic) bond motifs is 1. The fourth-order valence-corrected chi connectivity index (χ4v) is 1.79. The normalized spacial score (nSPS) is 10.7. The van der Waals surface area contributed by atoms with Crippen LogP contribution in [0.3, 0.4) is 0 Å². The number of ether oxygens (including phenoxy) is 2. The van der Waals surface area contributed by atoms with Crippen LogP contribution in [-0.4, -0.2) is 26.4 Å². The molecule has 0 bridgehead atoms. The Morgan fingerprint density at radius 3 is 2.56 bits per heavy atom. The Labute approximate surface area is 108 Å². The van der Waals surface area contributed by atoms with Gasteiger partial charge in [-0.25, -0.2) is 0 Å². The monoisotopic (exact) mass is 245 g/mol. The van der Waals surface area contributed by atoms with Gasteiger partial charge >= 0.3 is 0 Å². The Kier molecular flexibility index (Phi) is 5.00. The van der Waals surface area contributed by atoms with Gasteiger partial charge in [-0.1, -0.05) is 30.3 Å². The molecule has 0 atom stereocenters. The van der Waals surface area contributed by atoms with E-state index < -0.39 is 0 Å². The Balaban J connectivity index is 1.81. The third kappa shape index (κ3) is 3.72. The van der Waals surface area contributed by atoms with E-state index in [0.717, 1.165) is 12.2 Å². The molecule has 96 valence electrons. The minimum Gasteiger partial charge on any atom is -0.493 e. The third-order valence-corrected chi connectivity index (χ3v) is 2.68. The molecule has 0 fully saturated rings. The zero-order valence-electron chi connectivity index (χ0n) is 10.5. The average molecular weight is 245 g/mol. The Hall–Kier alpha value is -1.58. The number of benzene rings is 2. The van der Waals surface area contributed by atoms with Crippen LogP contribution in [-0.2, 0) is 4.74 Å². The highest BCUT2D eigenvalue weighted by Gasteiger charge is 1.97. The van der Waals surface area contributed by atoms with Crippen molar-refractivity contribution in [1.82, 2.24) is 0 Å². The van der Waals surface area contributed by atoms with Crippen LogP contribution in [0.15, 0.2) is 42.5 Å². The minimum absolute atomic E-state index is 0.575. The van der Waals surface area contributed by atoms with Crippen molar-refractivity contribution in [2.45, 2.75) is 6.42 Å². The first-order valence-corrected chi connectivity index (χ1v) is 6.29. The van der Waals surface area contributed by atoms with Crippen LogP contribution in [0.2, 0.25) is 0 Å². The summed E-state index contributed by atoms with van der Waals surface area (Å²) < 4.78 is 11.0. The fraction of sp³-hybridized carbons (Fsp3) is 0.333. The predicted octanol–water partition coefficient (Wildman–Crippen LogP) is 2.58. The molecule has 0 radical (unpaired) electrons. The molecule has 0 aliphatic rings. The van der Waals surface area contributed by atoms with E-state index in [4.69, 9.17) is 15.2 Å². The van der Waals surface area contributed by atoms with Crippen LogP contribution in [0.4, 0.5) is 0 Å². The van der Waals surface area contributed by atoms with Gasteiger partial charge in [0.05, 0.1) is 13.2 Å². The van der Waals surface area contributed by atoms with Gasteiger partial charge in [-0.15, -0.1) is 0 Å². The van der Waals surface area contributed by atoms with E-state index in [1.807, 2.05) is 18.2 Å². The second-order valence-corrected chi connectivity index (χ2v) is 4.11. The lowest BCUT2D eigenvalue weighted by Gasteiger charge is -2.07. The molecule has 3 nitrogen and oxygen atoms in total. The Bertz CT molecular complexity index is 485. The maximum Gasteiger partial charge on any atom is 0.119 e. The van der Waals surface area contributed by atoms with Crippen molar-refractivity contribution in [2.75, 3.05) is 26.4 Å². The molecular weight excluding hydrogens is 226 g/mol. The summed E-state index contributed by atoms with van der Waals surface area (Å²) in [5.74, 6) is 0.910. The quantitative estimate of drug-likeness (QED) is 0.762. The van der Waals surface area contributed by atoms with Crippen molar-refractivity contribution in [3.63, 3.8) is 0 Å². The van der Waals surface area contributed by atoms with E-state index in [1.165, 1.54) is 10.8 Å². The van der Waals surface area contributed by atoms with Crippen LogP contribution >= 0.6 is 0 Å². The second-order valence-electron chi connectivity index (χ2n) is 4.11. The van der Waals surface area contributed by atoms with E-state index in [1.54, 1.807) is 0 Å². The lowest BCUT2D eigenvalue weighted by Crippen LogP contribution is -2.10. The lowest BCUT2D eigenvalue weighted by atomic mass is 10.1. The molecule has 0 saturated heterocycles. The van der Waals surface area contributed by atoms with Gasteiger partial charge in [0.25, 0.3) is 0 Å². The summed E-state index contributed by atoms with van der Waals surface area (Å²) >= 11 is 0. The molecule has 18 heavy (non-hydrogen) atoms. The average Bonchev–Trinajstić information content (AvgIpc) is 2.42. The summed E-state index contributed by atoms with van der Waals surface area (Å²) in [4.78, 5) is 0. The van der Waals surface area contributed by atoms with Crippen molar-refractivity contribution in [3.05, 3.63) is 42.5 Å². The largest absolute Gasteiger partial charge is 0.493 e. The van der Waals surface area contributed by atoms with E-state index in [0.29, 0.717) is 26.4 Å². The highest BCUT2D eigenvalue weighted by atomic mass is 16.5. The first-order chi connectivity index (χ1) is 8.90. The van der Waals surface area contributed by atoms with Gasteiger partial charge in [0.1, 0.15) is 5.75 Å². The van der Waals surface area contributed by atoms with E-state index in [2.05, 4.69) is 24.3 Å². The third-order valence-electron chi connectivity index (χ3n) is 2.68. The van der Waals surface area contributed by atoms with Crippen molar-refractivity contribution in [3.8, 4) is 5.75 Å². The number of nitrogens with two attached hydrogens (primary N) is 1. The van der Waals surface area contributed by atoms with Crippen molar-refractivity contribution in [1.29, 1.82) is 0 Å². The first-order valence-electron chi connectivity index (χ1n) is 6.29. The molecule has 0 unspecified atom stereocenters. The Morgan fingerprint density at radius 1 is 0.889 bits per heavy atom. The molecule has 2 N–H and O–H groups in total. The van der Waals surface area contributed by atoms with Gasteiger partial charge in [0.2, 0.25) is 0 Å². The molecular formula is C15H19NO2. The Morgan fingerprint density at radius 2 is 1.72 bits per heavy atom. The molecule has 2 rings (SSSR count). The highest BCUT2D eigenvalue weighted by molar-refractivity contribution is 5.83. The SMILES string of the molecule is NCCOCCCOc1ccc2ccccc2c1. The van der Waals surface area contributed by atoms with E-state index >= 15 is 0 Å².